The van der Waals surface area contributed by atoms with Crippen molar-refractivity contribution in [1.82, 2.24) is 5.32 Å². The third-order valence-corrected chi connectivity index (χ3v) is 2.72. The fourth-order valence-electron chi connectivity index (χ4n) is 1.73. The predicted octanol–water partition coefficient (Wildman–Crippen LogP) is 2.06. The maximum absolute atomic E-state index is 11.8. The number of aliphatic carboxylic acids is 1. The molecule has 6 nitrogen and oxygen atoms in total. The second-order valence-corrected chi connectivity index (χ2v) is 4.79. The summed E-state index contributed by atoms with van der Waals surface area (Å²) in [6.45, 7) is 3.91. The zero-order chi connectivity index (χ0) is 15.1. The first-order valence-electron chi connectivity index (χ1n) is 6.32. The normalized spacial score (nSPS) is 12.0. The second-order valence-electron chi connectivity index (χ2n) is 4.79. The van der Waals surface area contributed by atoms with Crippen LogP contribution in [0.3, 0.4) is 0 Å². The summed E-state index contributed by atoms with van der Waals surface area (Å²) in [7, 11) is 1.59. The van der Waals surface area contributed by atoms with Gasteiger partial charge in [0.1, 0.15) is 6.04 Å². The van der Waals surface area contributed by atoms with Crippen LogP contribution in [-0.2, 0) is 16.1 Å². The minimum absolute atomic E-state index is 0.196. The molecule has 0 heterocycles. The van der Waals surface area contributed by atoms with Crippen LogP contribution < -0.4 is 10.6 Å². The van der Waals surface area contributed by atoms with Crippen LogP contribution in [0, 0.1) is 5.92 Å². The summed E-state index contributed by atoms with van der Waals surface area (Å²) < 4.78 is 5.01. The summed E-state index contributed by atoms with van der Waals surface area (Å²) in [5, 5.41) is 14.1. The minimum Gasteiger partial charge on any atom is -0.480 e. The van der Waals surface area contributed by atoms with Gasteiger partial charge in [-0.1, -0.05) is 26.0 Å². The number of nitrogens with one attached hydrogen (secondary N) is 2. The second kappa shape index (κ2) is 7.49. The smallest absolute Gasteiger partial charge is 0.326 e. The Balaban J connectivity index is 2.66. The van der Waals surface area contributed by atoms with E-state index in [9.17, 15) is 9.59 Å². The van der Waals surface area contributed by atoms with Crippen LogP contribution in [-0.4, -0.2) is 30.3 Å². The molecule has 1 atom stereocenters. The zero-order valence-corrected chi connectivity index (χ0v) is 11.8. The van der Waals surface area contributed by atoms with Crippen molar-refractivity contribution in [1.29, 1.82) is 0 Å². The Labute approximate surface area is 118 Å². The average Bonchev–Trinajstić information content (AvgIpc) is 2.36. The van der Waals surface area contributed by atoms with E-state index in [0.717, 1.165) is 5.56 Å². The van der Waals surface area contributed by atoms with Crippen molar-refractivity contribution in [2.75, 3.05) is 12.4 Å². The maximum Gasteiger partial charge on any atom is 0.326 e. The molecule has 0 aliphatic rings. The molecule has 1 aromatic rings. The van der Waals surface area contributed by atoms with Crippen LogP contribution in [0.2, 0.25) is 0 Å². The molecule has 1 aromatic carbocycles. The van der Waals surface area contributed by atoms with Gasteiger partial charge in [0.05, 0.1) is 6.61 Å². The summed E-state index contributed by atoms with van der Waals surface area (Å²) >= 11 is 0. The SMILES string of the molecule is COCc1cccc(NC(=O)NC(C(=O)O)C(C)C)c1. The number of methoxy groups -OCH3 is 1. The molecule has 2 amide bonds. The Morgan fingerprint density at radius 1 is 1.35 bits per heavy atom. The minimum atomic E-state index is -1.05. The molecule has 20 heavy (non-hydrogen) atoms. The number of hydrogen-bond acceptors (Lipinski definition) is 3. The molecule has 3 N–H and O–H groups in total. The van der Waals surface area contributed by atoms with E-state index in [-0.39, 0.29) is 5.92 Å². The highest BCUT2D eigenvalue weighted by Crippen LogP contribution is 2.11. The third-order valence-electron chi connectivity index (χ3n) is 2.72. The zero-order valence-electron chi connectivity index (χ0n) is 11.8. The molecule has 1 unspecified atom stereocenters. The largest absolute Gasteiger partial charge is 0.480 e. The fourth-order valence-corrected chi connectivity index (χ4v) is 1.73. The molecule has 0 aromatic heterocycles. The van der Waals surface area contributed by atoms with Gasteiger partial charge >= 0.3 is 12.0 Å². The first kappa shape index (κ1) is 16.0. The molecular weight excluding hydrogens is 260 g/mol. The van der Waals surface area contributed by atoms with Crippen molar-refractivity contribution in [2.24, 2.45) is 5.92 Å². The van der Waals surface area contributed by atoms with E-state index >= 15 is 0 Å². The monoisotopic (exact) mass is 280 g/mol. The van der Waals surface area contributed by atoms with Crippen molar-refractivity contribution in [3.63, 3.8) is 0 Å². The van der Waals surface area contributed by atoms with E-state index in [0.29, 0.717) is 12.3 Å². The molecule has 0 spiro atoms. The molecule has 0 aliphatic carbocycles. The molecule has 6 heteroatoms. The highest BCUT2D eigenvalue weighted by Gasteiger charge is 2.23. The number of ether oxygens (including phenoxy) is 1. The average molecular weight is 280 g/mol. The first-order chi connectivity index (χ1) is 9.43. The van der Waals surface area contributed by atoms with E-state index < -0.39 is 18.0 Å². The van der Waals surface area contributed by atoms with Gasteiger partial charge in [0.15, 0.2) is 0 Å². The van der Waals surface area contributed by atoms with E-state index in [4.69, 9.17) is 9.84 Å². The van der Waals surface area contributed by atoms with E-state index in [1.807, 2.05) is 6.07 Å². The molecule has 0 saturated carbocycles. The first-order valence-corrected chi connectivity index (χ1v) is 6.32. The molecule has 1 rings (SSSR count). The van der Waals surface area contributed by atoms with Crippen molar-refractivity contribution < 1.29 is 19.4 Å². The van der Waals surface area contributed by atoms with E-state index in [1.54, 1.807) is 39.2 Å². The van der Waals surface area contributed by atoms with Crippen molar-refractivity contribution >= 4 is 17.7 Å². The van der Waals surface area contributed by atoms with Gasteiger partial charge in [0, 0.05) is 12.8 Å². The summed E-state index contributed by atoms with van der Waals surface area (Å²) in [5.41, 5.74) is 1.51. The van der Waals surface area contributed by atoms with Crippen LogP contribution >= 0.6 is 0 Å². The number of urea groups is 1. The molecular formula is C14H20N2O4. The van der Waals surface area contributed by atoms with Gasteiger partial charge in [-0.2, -0.15) is 0 Å². The van der Waals surface area contributed by atoms with Crippen molar-refractivity contribution in [2.45, 2.75) is 26.5 Å². The van der Waals surface area contributed by atoms with Crippen LogP contribution in [0.5, 0.6) is 0 Å². The lowest BCUT2D eigenvalue weighted by molar-refractivity contribution is -0.140. The Kier molecular flexibility index (Phi) is 5.99. The number of carboxylic acid groups (broad SMARTS) is 1. The number of anilines is 1. The standard InChI is InChI=1S/C14H20N2O4/c1-9(2)12(13(17)18)16-14(19)15-11-6-4-5-10(7-11)8-20-3/h4-7,9,12H,8H2,1-3H3,(H,17,18)(H2,15,16,19). The molecule has 0 saturated heterocycles. The van der Waals surface area contributed by atoms with Gasteiger partial charge in [-0.15, -0.1) is 0 Å². The number of benzene rings is 1. The van der Waals surface area contributed by atoms with Crippen LogP contribution in [0.15, 0.2) is 24.3 Å². The van der Waals surface area contributed by atoms with Gasteiger partial charge in [-0.25, -0.2) is 9.59 Å². The van der Waals surface area contributed by atoms with E-state index in [2.05, 4.69) is 10.6 Å². The lowest BCUT2D eigenvalue weighted by Crippen LogP contribution is -2.46. The lowest BCUT2D eigenvalue weighted by atomic mass is 10.1. The quantitative estimate of drug-likeness (QED) is 0.744. The number of carbonyl (C=O) groups excluding carboxylic acids is 1. The van der Waals surface area contributed by atoms with Crippen molar-refractivity contribution in [3.8, 4) is 0 Å². The molecule has 0 radical (unpaired) electrons. The molecule has 0 bridgehead atoms. The number of carbonyl (C=O) groups is 2. The van der Waals surface area contributed by atoms with Crippen LogP contribution in [0.1, 0.15) is 19.4 Å². The summed E-state index contributed by atoms with van der Waals surface area (Å²) in [5.74, 6) is -1.25. The summed E-state index contributed by atoms with van der Waals surface area (Å²) in [4.78, 5) is 22.8. The highest BCUT2D eigenvalue weighted by molar-refractivity contribution is 5.92. The maximum atomic E-state index is 11.8. The highest BCUT2D eigenvalue weighted by atomic mass is 16.5. The summed E-state index contributed by atoms with van der Waals surface area (Å²) in [6, 6.07) is 5.71. The van der Waals surface area contributed by atoms with Gasteiger partial charge in [0.2, 0.25) is 0 Å². The van der Waals surface area contributed by atoms with Crippen molar-refractivity contribution in [3.05, 3.63) is 29.8 Å². The Morgan fingerprint density at radius 2 is 2.05 bits per heavy atom. The van der Waals surface area contributed by atoms with Gasteiger partial charge in [-0.3, -0.25) is 0 Å². The third kappa shape index (κ3) is 4.89. The number of carboxylic acids is 1. The Hall–Kier alpha value is -2.08. The lowest BCUT2D eigenvalue weighted by Gasteiger charge is -2.18. The number of rotatable bonds is 6. The Bertz CT molecular complexity index is 474. The number of amides is 2. The Morgan fingerprint density at radius 3 is 2.60 bits per heavy atom. The predicted molar refractivity (Wildman–Crippen MR) is 75.6 cm³/mol. The fraction of sp³-hybridized carbons (Fsp3) is 0.429. The number of hydrogen-bond donors (Lipinski definition) is 3. The van der Waals surface area contributed by atoms with E-state index in [1.165, 1.54) is 0 Å². The molecule has 0 aliphatic heterocycles. The molecule has 110 valence electrons. The molecule has 0 fully saturated rings. The van der Waals surface area contributed by atoms with Crippen LogP contribution in [0.25, 0.3) is 0 Å². The van der Waals surface area contributed by atoms with Crippen LogP contribution in [0.4, 0.5) is 10.5 Å². The van der Waals surface area contributed by atoms with Gasteiger partial charge in [-0.05, 0) is 23.6 Å². The van der Waals surface area contributed by atoms with Gasteiger partial charge < -0.3 is 20.5 Å². The van der Waals surface area contributed by atoms with Gasteiger partial charge in [0.25, 0.3) is 0 Å². The topological polar surface area (TPSA) is 87.7 Å². The summed E-state index contributed by atoms with van der Waals surface area (Å²) in [6.07, 6.45) is 0.